The Morgan fingerprint density at radius 1 is 1.52 bits per heavy atom. The summed E-state index contributed by atoms with van der Waals surface area (Å²) in [5.74, 6) is -2.30. The molecular weight excluding hydrogens is 379 g/mol. The molecule has 0 aliphatic carbocycles. The van der Waals surface area contributed by atoms with Crippen molar-refractivity contribution in [3.63, 3.8) is 0 Å². The predicted molar refractivity (Wildman–Crippen MR) is 96.2 cm³/mol. The predicted octanol–water partition coefficient (Wildman–Crippen LogP) is 1.30. The number of alkyl halides is 1. The minimum Gasteiger partial charge on any atom is -0.388 e. The van der Waals surface area contributed by atoms with E-state index in [1.54, 1.807) is 5.32 Å². The molecule has 0 radical (unpaired) electrons. The Hall–Kier alpha value is -2.00. The number of halogens is 2. The van der Waals surface area contributed by atoms with Gasteiger partial charge in [-0.2, -0.15) is 4.39 Å². The number of nitrogens with one attached hydrogen (secondary N) is 1. The molecule has 1 aliphatic heterocycles. The van der Waals surface area contributed by atoms with Gasteiger partial charge >= 0.3 is 0 Å². The fourth-order valence-corrected chi connectivity index (χ4v) is 3.05. The zero-order valence-corrected chi connectivity index (χ0v) is 15.6. The van der Waals surface area contributed by atoms with Crippen molar-refractivity contribution < 1.29 is 28.6 Å². The van der Waals surface area contributed by atoms with Gasteiger partial charge in [0.2, 0.25) is 12.2 Å². The molecule has 0 spiro atoms. The van der Waals surface area contributed by atoms with Gasteiger partial charge in [0.15, 0.2) is 6.23 Å². The van der Waals surface area contributed by atoms with Crippen LogP contribution in [-0.2, 0) is 25.7 Å². The van der Waals surface area contributed by atoms with Crippen LogP contribution in [0.5, 0.6) is 0 Å². The van der Waals surface area contributed by atoms with Gasteiger partial charge in [-0.1, -0.05) is 30.3 Å². The zero-order chi connectivity index (χ0) is 19.9. The molecule has 27 heavy (non-hydrogen) atoms. The molecule has 7 nitrogen and oxygen atoms in total. The van der Waals surface area contributed by atoms with Crippen LogP contribution >= 0.6 is 11.6 Å². The number of benzene rings is 1. The molecule has 2 unspecified atom stereocenters. The number of rotatable bonds is 9. The van der Waals surface area contributed by atoms with Crippen molar-refractivity contribution in [3.05, 3.63) is 47.9 Å². The zero-order valence-electron chi connectivity index (χ0n) is 14.8. The van der Waals surface area contributed by atoms with E-state index in [9.17, 15) is 19.1 Å². The second-order valence-corrected chi connectivity index (χ2v) is 6.58. The summed E-state index contributed by atoms with van der Waals surface area (Å²) in [6.45, 7) is 0.504. The number of likely N-dealkylation sites (N-methyl/N-ethyl adjacent to an activating group) is 1. The van der Waals surface area contributed by atoms with Gasteiger partial charge in [-0.15, -0.1) is 11.6 Å². The normalized spacial score (nSPS) is 25.3. The van der Waals surface area contributed by atoms with E-state index in [-0.39, 0.29) is 25.3 Å². The minimum atomic E-state index is -1.19. The molecule has 0 aromatic heterocycles. The second kappa shape index (κ2) is 9.80. The summed E-state index contributed by atoms with van der Waals surface area (Å²) in [6, 6.07) is 9.55. The molecule has 3 atom stereocenters. The number of aliphatic hydroxyl groups excluding tert-OH is 1. The highest BCUT2D eigenvalue weighted by Crippen LogP contribution is 2.34. The number of hydrogen-bond acceptors (Lipinski definition) is 6. The van der Waals surface area contributed by atoms with Gasteiger partial charge in [-0.05, 0) is 5.56 Å². The number of hydrogen-bond donors (Lipinski definition) is 2. The molecule has 2 amide bonds. The van der Waals surface area contributed by atoms with Crippen LogP contribution in [0.1, 0.15) is 12.0 Å². The molecule has 148 valence electrons. The molecule has 1 saturated heterocycles. The molecular formula is C18H22ClFN2O5. The van der Waals surface area contributed by atoms with Gasteiger partial charge in [-0.3, -0.25) is 14.9 Å². The number of nitrogens with zero attached hydrogens (tertiary/aromatic N) is 1. The lowest BCUT2D eigenvalue weighted by molar-refractivity contribution is -0.126. The van der Waals surface area contributed by atoms with Crippen LogP contribution in [0.3, 0.4) is 0 Å². The van der Waals surface area contributed by atoms with E-state index >= 15 is 0 Å². The van der Waals surface area contributed by atoms with Crippen molar-refractivity contribution in [2.75, 3.05) is 19.5 Å². The Morgan fingerprint density at radius 2 is 2.22 bits per heavy atom. The van der Waals surface area contributed by atoms with Gasteiger partial charge in [0.25, 0.3) is 5.91 Å². The summed E-state index contributed by atoms with van der Waals surface area (Å²) in [6.07, 6.45) is -0.761. The van der Waals surface area contributed by atoms with Gasteiger partial charge in [-0.25, -0.2) is 0 Å². The van der Waals surface area contributed by atoms with E-state index in [2.05, 4.69) is 0 Å². The van der Waals surface area contributed by atoms with Crippen LogP contribution < -0.4 is 5.32 Å². The Labute approximate surface area is 161 Å². The highest BCUT2D eigenvalue weighted by atomic mass is 35.5. The first-order chi connectivity index (χ1) is 12.9. The van der Waals surface area contributed by atoms with Crippen molar-refractivity contribution in [1.82, 2.24) is 10.2 Å². The number of carbonyl (C=O) groups is 2. The summed E-state index contributed by atoms with van der Waals surface area (Å²) in [5, 5.41) is 12.0. The summed E-state index contributed by atoms with van der Waals surface area (Å²) in [4.78, 5) is 22.7. The van der Waals surface area contributed by atoms with Crippen LogP contribution in [0.2, 0.25) is 0 Å². The van der Waals surface area contributed by atoms with Crippen molar-refractivity contribution in [1.29, 1.82) is 0 Å². The average Bonchev–Trinajstić information content (AvgIpc) is 3.00. The van der Waals surface area contributed by atoms with E-state index < -0.39 is 29.7 Å². The van der Waals surface area contributed by atoms with Gasteiger partial charge < -0.3 is 19.5 Å². The van der Waals surface area contributed by atoms with Gasteiger partial charge in [0.1, 0.15) is 11.7 Å². The maximum Gasteiger partial charge on any atom is 0.287 e. The molecule has 2 rings (SSSR count). The molecule has 1 aliphatic rings. The lowest BCUT2D eigenvalue weighted by Gasteiger charge is -2.29. The molecule has 2 N–H and O–H groups in total. The standard InChI is InChI=1S/C18H22ClFN2O5/c1-22(8-14(20)16(25)21-12-23)17-15(24)7-18(10-19,27-17)11-26-9-13-5-3-2-4-6-13/h2-6,8,12,15,17,24H,7,9-11H2,1H3,(H,21,23,25)/b14-8+/t15?,17?,18-/m1/s1. The quantitative estimate of drug-likeness (QED) is 0.369. The van der Waals surface area contributed by atoms with E-state index in [1.165, 1.54) is 11.9 Å². The van der Waals surface area contributed by atoms with Crippen molar-refractivity contribution in [2.45, 2.75) is 31.0 Å². The average molecular weight is 401 g/mol. The first-order valence-electron chi connectivity index (χ1n) is 8.28. The van der Waals surface area contributed by atoms with E-state index in [4.69, 9.17) is 21.1 Å². The number of imide groups is 1. The Morgan fingerprint density at radius 3 is 2.85 bits per heavy atom. The molecule has 0 bridgehead atoms. The lowest BCUT2D eigenvalue weighted by atomic mass is 10.0. The molecule has 1 heterocycles. The monoisotopic (exact) mass is 400 g/mol. The first kappa shape index (κ1) is 21.3. The van der Waals surface area contributed by atoms with Crippen LogP contribution in [0.15, 0.2) is 42.4 Å². The fourth-order valence-electron chi connectivity index (χ4n) is 2.80. The number of carbonyl (C=O) groups excluding carboxylic acids is 2. The van der Waals surface area contributed by atoms with E-state index in [0.29, 0.717) is 6.61 Å². The Kier molecular flexibility index (Phi) is 7.73. The summed E-state index contributed by atoms with van der Waals surface area (Å²) in [7, 11) is 1.44. The van der Waals surface area contributed by atoms with Crippen LogP contribution in [0.25, 0.3) is 0 Å². The maximum absolute atomic E-state index is 13.7. The largest absolute Gasteiger partial charge is 0.388 e. The van der Waals surface area contributed by atoms with Crippen molar-refractivity contribution in [2.24, 2.45) is 0 Å². The molecule has 1 fully saturated rings. The maximum atomic E-state index is 13.7. The molecule has 1 aromatic carbocycles. The minimum absolute atomic E-state index is 0.0705. The third-order valence-electron chi connectivity index (χ3n) is 4.13. The summed E-state index contributed by atoms with van der Waals surface area (Å²) in [5.41, 5.74) is 0.0463. The van der Waals surface area contributed by atoms with Crippen molar-refractivity contribution >= 4 is 23.9 Å². The smallest absolute Gasteiger partial charge is 0.287 e. The number of aliphatic hydroxyl groups is 1. The fraction of sp³-hybridized carbons (Fsp3) is 0.444. The van der Waals surface area contributed by atoms with E-state index in [0.717, 1.165) is 11.8 Å². The van der Waals surface area contributed by atoms with Gasteiger partial charge in [0, 0.05) is 19.7 Å². The number of ether oxygens (including phenoxy) is 2. The Balaban J connectivity index is 1.97. The summed E-state index contributed by atoms with van der Waals surface area (Å²) >= 11 is 6.05. The Bertz CT molecular complexity index is 675. The van der Waals surface area contributed by atoms with Crippen LogP contribution in [0.4, 0.5) is 4.39 Å². The third-order valence-corrected chi connectivity index (χ3v) is 4.61. The van der Waals surface area contributed by atoms with Crippen molar-refractivity contribution in [3.8, 4) is 0 Å². The molecule has 1 aromatic rings. The molecule has 9 heteroatoms. The van der Waals surface area contributed by atoms with Gasteiger partial charge in [0.05, 0.1) is 19.1 Å². The summed E-state index contributed by atoms with van der Waals surface area (Å²) < 4.78 is 25.3. The number of amides is 2. The highest BCUT2D eigenvalue weighted by molar-refractivity contribution is 6.18. The highest BCUT2D eigenvalue weighted by Gasteiger charge is 2.47. The first-order valence-corrected chi connectivity index (χ1v) is 8.81. The SMILES string of the molecule is CN(/C=C(/F)C(=O)NC=O)C1O[C@](CCl)(COCc2ccccc2)CC1O. The van der Waals surface area contributed by atoms with E-state index in [1.807, 2.05) is 30.3 Å². The van der Waals surface area contributed by atoms with Crippen LogP contribution in [0, 0.1) is 0 Å². The third kappa shape index (κ3) is 5.74. The second-order valence-electron chi connectivity index (χ2n) is 6.31. The van der Waals surface area contributed by atoms with Crippen LogP contribution in [-0.4, -0.2) is 59.8 Å². The lowest BCUT2D eigenvalue weighted by Crippen LogP contribution is -2.40. The topological polar surface area (TPSA) is 88.1 Å². The molecule has 0 saturated carbocycles.